The normalized spacial score (nSPS) is 16.1. The molecule has 1 saturated heterocycles. The molecule has 0 atom stereocenters. The lowest BCUT2D eigenvalue weighted by Crippen LogP contribution is -2.50. The maximum absolute atomic E-state index is 13.2. The van der Waals surface area contributed by atoms with Crippen molar-refractivity contribution in [1.82, 2.24) is 9.21 Å². The van der Waals surface area contributed by atoms with Crippen LogP contribution in [0.4, 0.5) is 13.2 Å². The van der Waals surface area contributed by atoms with Crippen molar-refractivity contribution in [2.45, 2.75) is 30.8 Å². The molecular weight excluding hydrogens is 417 g/mol. The third-order valence-corrected chi connectivity index (χ3v) is 7.12. The van der Waals surface area contributed by atoms with Gasteiger partial charge in [-0.05, 0) is 35.7 Å². The number of sulfonamides is 1. The Hall–Kier alpha value is -2.39. The highest BCUT2D eigenvalue weighted by molar-refractivity contribution is 7.89. The Morgan fingerprint density at radius 1 is 0.933 bits per heavy atom. The zero-order valence-corrected chi connectivity index (χ0v) is 17.5. The van der Waals surface area contributed by atoms with Gasteiger partial charge >= 0.3 is 6.18 Å². The minimum absolute atomic E-state index is 0.0651. The highest BCUT2D eigenvalue weighted by atomic mass is 32.2. The molecule has 1 heterocycles. The molecule has 0 saturated carbocycles. The van der Waals surface area contributed by atoms with Crippen molar-refractivity contribution in [1.29, 1.82) is 0 Å². The quantitative estimate of drug-likeness (QED) is 0.723. The summed E-state index contributed by atoms with van der Waals surface area (Å²) in [6, 6.07) is 11.4. The lowest BCUT2D eigenvalue weighted by Gasteiger charge is -2.34. The molecule has 162 valence electrons. The number of hydrogen-bond donors (Lipinski definition) is 0. The predicted octanol–water partition coefficient (Wildman–Crippen LogP) is 3.98. The fraction of sp³-hybridized carbons (Fsp3) is 0.381. The van der Waals surface area contributed by atoms with Crippen molar-refractivity contribution < 1.29 is 26.4 Å². The van der Waals surface area contributed by atoms with Gasteiger partial charge in [0.2, 0.25) is 10.0 Å². The standard InChI is InChI=1S/C21H23F3N2O3S/c1-15(2)16-7-9-17(10-8-16)20(27)25-11-13-26(14-12-25)30(28,29)19-6-4-3-5-18(19)21(22,23)24/h3-10,15H,11-14H2,1-2H3. The number of alkyl halides is 3. The van der Waals surface area contributed by atoms with E-state index in [2.05, 4.69) is 0 Å². The maximum atomic E-state index is 13.2. The SMILES string of the molecule is CC(C)c1ccc(C(=O)N2CCN(S(=O)(=O)c3ccccc3C(F)(F)F)CC2)cc1. The second kappa shape index (κ2) is 8.39. The fourth-order valence-electron chi connectivity index (χ4n) is 3.39. The molecule has 1 amide bonds. The minimum Gasteiger partial charge on any atom is -0.336 e. The first-order chi connectivity index (χ1) is 14.0. The summed E-state index contributed by atoms with van der Waals surface area (Å²) in [5.41, 5.74) is 0.415. The lowest BCUT2D eigenvalue weighted by molar-refractivity contribution is -0.139. The fourth-order valence-corrected chi connectivity index (χ4v) is 5.02. The zero-order chi connectivity index (χ0) is 22.1. The summed E-state index contributed by atoms with van der Waals surface area (Å²) in [7, 11) is -4.33. The Morgan fingerprint density at radius 3 is 2.03 bits per heavy atom. The number of carbonyl (C=O) groups is 1. The topological polar surface area (TPSA) is 57.7 Å². The van der Waals surface area contributed by atoms with Crippen molar-refractivity contribution in [2.75, 3.05) is 26.2 Å². The van der Waals surface area contributed by atoms with Gasteiger partial charge in [0.05, 0.1) is 10.5 Å². The van der Waals surface area contributed by atoms with E-state index in [1.54, 1.807) is 12.1 Å². The van der Waals surface area contributed by atoms with Crippen LogP contribution < -0.4 is 0 Å². The molecule has 0 aliphatic carbocycles. The zero-order valence-electron chi connectivity index (χ0n) is 16.7. The van der Waals surface area contributed by atoms with Gasteiger partial charge in [-0.3, -0.25) is 4.79 Å². The van der Waals surface area contributed by atoms with Crippen LogP contribution in [-0.2, 0) is 16.2 Å². The smallest absolute Gasteiger partial charge is 0.336 e. The molecular formula is C21H23F3N2O3S. The maximum Gasteiger partial charge on any atom is 0.417 e. The van der Waals surface area contributed by atoms with Crippen LogP contribution in [0.5, 0.6) is 0 Å². The van der Waals surface area contributed by atoms with E-state index in [9.17, 15) is 26.4 Å². The Labute approximate surface area is 174 Å². The van der Waals surface area contributed by atoms with Gasteiger partial charge in [0, 0.05) is 31.7 Å². The van der Waals surface area contributed by atoms with Crippen LogP contribution in [0, 0.1) is 0 Å². The average molecular weight is 440 g/mol. The first kappa shape index (κ1) is 22.3. The van der Waals surface area contributed by atoms with Crippen LogP contribution in [0.25, 0.3) is 0 Å². The Balaban J connectivity index is 1.73. The summed E-state index contributed by atoms with van der Waals surface area (Å²) in [5, 5.41) is 0. The van der Waals surface area contributed by atoms with E-state index in [0.717, 1.165) is 28.1 Å². The van der Waals surface area contributed by atoms with Gasteiger partial charge in [0.25, 0.3) is 5.91 Å². The first-order valence-corrected chi connectivity index (χ1v) is 11.0. The molecule has 5 nitrogen and oxygen atoms in total. The monoisotopic (exact) mass is 440 g/mol. The van der Waals surface area contributed by atoms with E-state index >= 15 is 0 Å². The summed E-state index contributed by atoms with van der Waals surface area (Å²) in [6.45, 7) is 4.19. The van der Waals surface area contributed by atoms with Gasteiger partial charge < -0.3 is 4.90 Å². The first-order valence-electron chi connectivity index (χ1n) is 9.57. The third kappa shape index (κ3) is 4.52. The Bertz CT molecular complexity index is 1010. The highest BCUT2D eigenvalue weighted by Crippen LogP contribution is 2.35. The number of nitrogens with zero attached hydrogens (tertiary/aromatic N) is 2. The van der Waals surface area contributed by atoms with Crippen molar-refractivity contribution in [3.8, 4) is 0 Å². The van der Waals surface area contributed by atoms with Crippen LogP contribution in [0.3, 0.4) is 0 Å². The van der Waals surface area contributed by atoms with Gasteiger partial charge in [-0.15, -0.1) is 0 Å². The van der Waals surface area contributed by atoms with Gasteiger partial charge in [-0.2, -0.15) is 17.5 Å². The number of piperazine rings is 1. The number of rotatable bonds is 4. The molecule has 1 aliphatic heterocycles. The molecule has 30 heavy (non-hydrogen) atoms. The van der Waals surface area contributed by atoms with Gasteiger partial charge in [-0.1, -0.05) is 38.1 Å². The molecule has 1 aliphatic rings. The summed E-state index contributed by atoms with van der Waals surface area (Å²) in [6.07, 6.45) is -4.77. The van der Waals surface area contributed by atoms with Crippen LogP contribution in [0.2, 0.25) is 0 Å². The molecule has 2 aromatic carbocycles. The number of benzene rings is 2. The van der Waals surface area contributed by atoms with E-state index in [0.29, 0.717) is 11.5 Å². The van der Waals surface area contributed by atoms with Crippen molar-refractivity contribution in [2.24, 2.45) is 0 Å². The van der Waals surface area contributed by atoms with Crippen molar-refractivity contribution in [3.63, 3.8) is 0 Å². The van der Waals surface area contributed by atoms with Crippen LogP contribution in [0.15, 0.2) is 53.4 Å². The van der Waals surface area contributed by atoms with Crippen LogP contribution in [0.1, 0.15) is 41.3 Å². The van der Waals surface area contributed by atoms with E-state index in [-0.39, 0.29) is 32.1 Å². The molecule has 0 N–H and O–H groups in total. The molecule has 1 fully saturated rings. The highest BCUT2D eigenvalue weighted by Gasteiger charge is 2.39. The van der Waals surface area contributed by atoms with E-state index < -0.39 is 26.7 Å². The molecule has 0 aromatic heterocycles. The largest absolute Gasteiger partial charge is 0.417 e. The van der Waals surface area contributed by atoms with Gasteiger partial charge in [-0.25, -0.2) is 8.42 Å². The Morgan fingerprint density at radius 2 is 1.50 bits per heavy atom. The Kier molecular flexibility index (Phi) is 6.24. The number of hydrogen-bond acceptors (Lipinski definition) is 3. The molecule has 0 spiro atoms. The van der Waals surface area contributed by atoms with E-state index in [1.807, 2.05) is 26.0 Å². The third-order valence-electron chi connectivity index (χ3n) is 5.16. The average Bonchev–Trinajstić information content (AvgIpc) is 2.73. The molecule has 0 radical (unpaired) electrons. The summed E-state index contributed by atoms with van der Waals surface area (Å²) >= 11 is 0. The molecule has 3 rings (SSSR count). The van der Waals surface area contributed by atoms with Gasteiger partial charge in [0.15, 0.2) is 0 Å². The molecule has 0 unspecified atom stereocenters. The van der Waals surface area contributed by atoms with Crippen LogP contribution in [-0.4, -0.2) is 49.7 Å². The van der Waals surface area contributed by atoms with Crippen molar-refractivity contribution in [3.05, 3.63) is 65.2 Å². The summed E-state index contributed by atoms with van der Waals surface area (Å²) in [4.78, 5) is 13.5. The second-order valence-electron chi connectivity index (χ2n) is 7.47. The number of amides is 1. The van der Waals surface area contributed by atoms with E-state index in [4.69, 9.17) is 0 Å². The van der Waals surface area contributed by atoms with Crippen molar-refractivity contribution >= 4 is 15.9 Å². The van der Waals surface area contributed by atoms with Gasteiger partial charge in [0.1, 0.15) is 0 Å². The summed E-state index contributed by atoms with van der Waals surface area (Å²) < 4.78 is 66.4. The number of halogens is 3. The molecule has 0 bridgehead atoms. The van der Waals surface area contributed by atoms with Crippen LogP contribution >= 0.6 is 0 Å². The predicted molar refractivity (Wildman–Crippen MR) is 107 cm³/mol. The molecule has 9 heteroatoms. The summed E-state index contributed by atoms with van der Waals surface area (Å²) in [5.74, 6) is 0.112. The number of carbonyl (C=O) groups excluding carboxylic acids is 1. The minimum atomic E-state index is -4.77. The second-order valence-corrected chi connectivity index (χ2v) is 9.37. The lowest BCUT2D eigenvalue weighted by atomic mass is 10.0. The van der Waals surface area contributed by atoms with E-state index in [1.165, 1.54) is 11.0 Å². The molecule has 2 aromatic rings.